The molecule has 0 spiro atoms. The number of ether oxygens (including phenoxy) is 1. The molecule has 1 aromatic carbocycles. The molecule has 0 atom stereocenters. The summed E-state index contributed by atoms with van der Waals surface area (Å²) in [7, 11) is 0. The van der Waals surface area contributed by atoms with E-state index >= 15 is 0 Å². The minimum Gasteiger partial charge on any atom is -0.491 e. The van der Waals surface area contributed by atoms with Gasteiger partial charge in [0.2, 0.25) is 5.91 Å². The number of benzene rings is 1. The molecule has 122 valence electrons. The summed E-state index contributed by atoms with van der Waals surface area (Å²) in [5.41, 5.74) is 1.15. The fourth-order valence-electron chi connectivity index (χ4n) is 2.80. The summed E-state index contributed by atoms with van der Waals surface area (Å²) < 4.78 is 5.61. The summed E-state index contributed by atoms with van der Waals surface area (Å²) in [6.07, 6.45) is 6.23. The molecule has 22 heavy (non-hydrogen) atoms. The minimum atomic E-state index is 0.103. The van der Waals surface area contributed by atoms with Gasteiger partial charge in [0.05, 0.1) is 12.6 Å². The number of carbonyl (C=O) groups excluding carboxylic acids is 1. The van der Waals surface area contributed by atoms with Crippen molar-refractivity contribution in [2.24, 2.45) is 0 Å². The molecule has 4 nitrogen and oxygen atoms in total. The highest BCUT2D eigenvalue weighted by Crippen LogP contribution is 2.17. The zero-order chi connectivity index (χ0) is 15.8. The van der Waals surface area contributed by atoms with Crippen molar-refractivity contribution in [3.05, 3.63) is 29.8 Å². The molecule has 0 saturated heterocycles. The monoisotopic (exact) mass is 304 g/mol. The Balaban J connectivity index is 1.66. The van der Waals surface area contributed by atoms with Gasteiger partial charge in [-0.05, 0) is 44.4 Å². The lowest BCUT2D eigenvalue weighted by Gasteiger charge is -2.22. The first-order valence-electron chi connectivity index (χ1n) is 8.39. The minimum absolute atomic E-state index is 0.103. The van der Waals surface area contributed by atoms with Crippen LogP contribution in [0.2, 0.25) is 0 Å². The van der Waals surface area contributed by atoms with Crippen molar-refractivity contribution in [1.29, 1.82) is 0 Å². The van der Waals surface area contributed by atoms with E-state index in [1.54, 1.807) is 0 Å². The fraction of sp³-hybridized carbons (Fsp3) is 0.611. The SMILES string of the molecule is CC(C)Oc1ccc(CNCC(=O)NC2CCCCC2)cc1. The van der Waals surface area contributed by atoms with Crippen LogP contribution >= 0.6 is 0 Å². The van der Waals surface area contributed by atoms with Gasteiger partial charge < -0.3 is 15.4 Å². The van der Waals surface area contributed by atoms with Crippen LogP contribution in [0.4, 0.5) is 0 Å². The highest BCUT2D eigenvalue weighted by molar-refractivity contribution is 5.78. The molecule has 1 saturated carbocycles. The van der Waals surface area contributed by atoms with Gasteiger partial charge >= 0.3 is 0 Å². The van der Waals surface area contributed by atoms with Crippen molar-refractivity contribution in [1.82, 2.24) is 10.6 Å². The van der Waals surface area contributed by atoms with Crippen LogP contribution in [0.3, 0.4) is 0 Å². The first-order chi connectivity index (χ1) is 10.6. The standard InChI is InChI=1S/C18H28N2O2/c1-14(2)22-17-10-8-15(9-11-17)12-19-13-18(21)20-16-6-4-3-5-7-16/h8-11,14,16,19H,3-7,12-13H2,1-2H3,(H,20,21). The van der Waals surface area contributed by atoms with Crippen molar-refractivity contribution < 1.29 is 9.53 Å². The van der Waals surface area contributed by atoms with E-state index in [1.165, 1.54) is 19.3 Å². The predicted molar refractivity (Wildman–Crippen MR) is 88.9 cm³/mol. The molecule has 1 aromatic rings. The second kappa shape index (κ2) is 8.79. The molecule has 2 N–H and O–H groups in total. The van der Waals surface area contributed by atoms with E-state index < -0.39 is 0 Å². The van der Waals surface area contributed by atoms with Crippen molar-refractivity contribution in [2.45, 2.75) is 64.6 Å². The maximum atomic E-state index is 11.9. The molecular formula is C18H28N2O2. The third kappa shape index (κ3) is 6.06. The van der Waals surface area contributed by atoms with E-state index in [2.05, 4.69) is 10.6 Å². The Morgan fingerprint density at radius 3 is 2.50 bits per heavy atom. The van der Waals surface area contributed by atoms with E-state index in [1.807, 2.05) is 38.1 Å². The van der Waals surface area contributed by atoms with Gasteiger partial charge in [-0.3, -0.25) is 4.79 Å². The Morgan fingerprint density at radius 1 is 1.18 bits per heavy atom. The van der Waals surface area contributed by atoms with Gasteiger partial charge in [-0.25, -0.2) is 0 Å². The van der Waals surface area contributed by atoms with Gasteiger partial charge in [-0.15, -0.1) is 0 Å². The average molecular weight is 304 g/mol. The van der Waals surface area contributed by atoms with Crippen LogP contribution < -0.4 is 15.4 Å². The summed E-state index contributed by atoms with van der Waals surface area (Å²) in [6.45, 7) is 5.10. The van der Waals surface area contributed by atoms with Crippen LogP contribution in [0.25, 0.3) is 0 Å². The van der Waals surface area contributed by atoms with Gasteiger partial charge in [0.15, 0.2) is 0 Å². The zero-order valence-corrected chi connectivity index (χ0v) is 13.7. The Hall–Kier alpha value is -1.55. The third-order valence-corrected chi connectivity index (χ3v) is 3.88. The Kier molecular flexibility index (Phi) is 6.72. The molecule has 0 radical (unpaired) electrons. The molecule has 1 amide bonds. The molecule has 1 aliphatic rings. The number of nitrogens with one attached hydrogen (secondary N) is 2. The smallest absolute Gasteiger partial charge is 0.234 e. The van der Waals surface area contributed by atoms with E-state index in [0.717, 1.165) is 24.2 Å². The maximum absolute atomic E-state index is 11.9. The zero-order valence-electron chi connectivity index (χ0n) is 13.7. The topological polar surface area (TPSA) is 50.4 Å². The Labute approximate surface area is 133 Å². The van der Waals surface area contributed by atoms with Crippen molar-refractivity contribution in [3.8, 4) is 5.75 Å². The molecule has 0 aromatic heterocycles. The average Bonchev–Trinajstić information content (AvgIpc) is 2.49. The van der Waals surface area contributed by atoms with Gasteiger partial charge in [-0.1, -0.05) is 31.4 Å². The molecule has 1 fully saturated rings. The van der Waals surface area contributed by atoms with Gasteiger partial charge in [0, 0.05) is 12.6 Å². The molecule has 0 aliphatic heterocycles. The number of amides is 1. The maximum Gasteiger partial charge on any atom is 0.234 e. The van der Waals surface area contributed by atoms with E-state index in [-0.39, 0.29) is 12.0 Å². The van der Waals surface area contributed by atoms with Crippen LogP contribution in [0.5, 0.6) is 5.75 Å². The Bertz CT molecular complexity index is 451. The third-order valence-electron chi connectivity index (χ3n) is 3.88. The van der Waals surface area contributed by atoms with Crippen molar-refractivity contribution in [2.75, 3.05) is 6.54 Å². The molecule has 0 unspecified atom stereocenters. The first-order valence-corrected chi connectivity index (χ1v) is 8.39. The number of carbonyl (C=O) groups is 1. The van der Waals surface area contributed by atoms with Crippen LogP contribution in [0.15, 0.2) is 24.3 Å². The van der Waals surface area contributed by atoms with Gasteiger partial charge in [-0.2, -0.15) is 0 Å². The van der Waals surface area contributed by atoms with Crippen LogP contribution in [0.1, 0.15) is 51.5 Å². The van der Waals surface area contributed by atoms with Gasteiger partial charge in [0.25, 0.3) is 0 Å². The fourth-order valence-corrected chi connectivity index (χ4v) is 2.80. The van der Waals surface area contributed by atoms with Crippen molar-refractivity contribution in [3.63, 3.8) is 0 Å². The molecular weight excluding hydrogens is 276 g/mol. The highest BCUT2D eigenvalue weighted by Gasteiger charge is 2.15. The molecule has 2 rings (SSSR count). The second-order valence-corrected chi connectivity index (χ2v) is 6.32. The van der Waals surface area contributed by atoms with Crippen LogP contribution in [-0.2, 0) is 11.3 Å². The quantitative estimate of drug-likeness (QED) is 0.814. The normalized spacial score (nSPS) is 15.8. The number of hydrogen-bond donors (Lipinski definition) is 2. The molecule has 0 bridgehead atoms. The number of rotatable bonds is 7. The number of hydrogen-bond acceptors (Lipinski definition) is 3. The summed E-state index contributed by atoms with van der Waals surface area (Å²) in [5.74, 6) is 0.987. The van der Waals surface area contributed by atoms with Crippen LogP contribution in [-0.4, -0.2) is 24.6 Å². The van der Waals surface area contributed by atoms with Gasteiger partial charge in [0.1, 0.15) is 5.75 Å². The largest absolute Gasteiger partial charge is 0.491 e. The lowest BCUT2D eigenvalue weighted by Crippen LogP contribution is -2.41. The second-order valence-electron chi connectivity index (χ2n) is 6.32. The summed E-state index contributed by atoms with van der Waals surface area (Å²) >= 11 is 0. The molecule has 4 heteroatoms. The summed E-state index contributed by atoms with van der Waals surface area (Å²) in [4.78, 5) is 11.9. The lowest BCUT2D eigenvalue weighted by atomic mass is 9.95. The highest BCUT2D eigenvalue weighted by atomic mass is 16.5. The molecule has 1 aliphatic carbocycles. The molecule has 0 heterocycles. The lowest BCUT2D eigenvalue weighted by molar-refractivity contribution is -0.121. The Morgan fingerprint density at radius 2 is 1.86 bits per heavy atom. The first kappa shape index (κ1) is 16.8. The van der Waals surface area contributed by atoms with E-state index in [4.69, 9.17) is 4.74 Å². The summed E-state index contributed by atoms with van der Waals surface area (Å²) in [6, 6.07) is 8.39. The van der Waals surface area contributed by atoms with Crippen molar-refractivity contribution >= 4 is 5.91 Å². The predicted octanol–water partition coefficient (Wildman–Crippen LogP) is 3.01. The van der Waals surface area contributed by atoms with E-state index in [9.17, 15) is 4.79 Å². The van der Waals surface area contributed by atoms with Crippen LogP contribution in [0, 0.1) is 0 Å². The summed E-state index contributed by atoms with van der Waals surface area (Å²) in [5, 5.41) is 6.31. The van der Waals surface area contributed by atoms with E-state index in [0.29, 0.717) is 19.1 Å².